The molecule has 0 aromatic carbocycles. The molecule has 3 rings (SSSR count). The van der Waals surface area contributed by atoms with E-state index < -0.39 is 0 Å². The van der Waals surface area contributed by atoms with Gasteiger partial charge < -0.3 is 15.5 Å². The third kappa shape index (κ3) is 3.62. The summed E-state index contributed by atoms with van der Waals surface area (Å²) in [4.78, 5) is 5.38. The van der Waals surface area contributed by atoms with E-state index in [2.05, 4.69) is 16.8 Å². The molecule has 0 bridgehead atoms. The second-order valence-electron chi connectivity index (χ2n) is 8.05. The van der Waals surface area contributed by atoms with Crippen LogP contribution in [0.3, 0.4) is 0 Å². The van der Waals surface area contributed by atoms with Crippen molar-refractivity contribution in [2.45, 2.75) is 63.8 Å². The number of fused-ring (bicyclic) bond motifs is 1. The standard InChI is InChI=1S/C18H35N3/c1-20-11-5-6-16-14-21(12-7-17(16)20)13-10-18(15-19)8-3-2-4-9-18/h16-17H,2-15,19H2,1H3. The smallest absolute Gasteiger partial charge is 0.0145 e. The lowest BCUT2D eigenvalue weighted by atomic mass is 9.71. The number of hydrogen-bond donors (Lipinski definition) is 1. The van der Waals surface area contributed by atoms with Crippen LogP contribution in [0, 0.1) is 11.3 Å². The summed E-state index contributed by atoms with van der Waals surface area (Å²) in [5.74, 6) is 0.928. The largest absolute Gasteiger partial charge is 0.330 e. The molecule has 2 unspecified atom stereocenters. The molecule has 1 saturated carbocycles. The van der Waals surface area contributed by atoms with Gasteiger partial charge in [0.05, 0.1) is 0 Å². The second kappa shape index (κ2) is 6.97. The number of likely N-dealkylation sites (tertiary alicyclic amines) is 2. The predicted octanol–water partition coefficient (Wildman–Crippen LogP) is 2.70. The van der Waals surface area contributed by atoms with Crippen LogP contribution in [0.15, 0.2) is 0 Å². The van der Waals surface area contributed by atoms with Gasteiger partial charge in [-0.3, -0.25) is 0 Å². The summed E-state index contributed by atoms with van der Waals surface area (Å²) in [6, 6.07) is 0.869. The fourth-order valence-electron chi connectivity index (χ4n) is 5.18. The monoisotopic (exact) mass is 293 g/mol. The zero-order valence-corrected chi connectivity index (χ0v) is 14.0. The van der Waals surface area contributed by atoms with Gasteiger partial charge >= 0.3 is 0 Å². The number of piperidine rings is 2. The molecule has 21 heavy (non-hydrogen) atoms. The van der Waals surface area contributed by atoms with Crippen molar-refractivity contribution in [1.82, 2.24) is 9.80 Å². The molecule has 1 aliphatic carbocycles. The highest BCUT2D eigenvalue weighted by molar-refractivity contribution is 4.91. The third-order valence-corrected chi connectivity index (χ3v) is 6.74. The maximum atomic E-state index is 6.15. The lowest BCUT2D eigenvalue weighted by molar-refractivity contribution is 0.0304. The minimum Gasteiger partial charge on any atom is -0.330 e. The van der Waals surface area contributed by atoms with E-state index in [4.69, 9.17) is 5.73 Å². The molecule has 3 heteroatoms. The van der Waals surface area contributed by atoms with Crippen molar-refractivity contribution in [3.05, 3.63) is 0 Å². The van der Waals surface area contributed by atoms with Crippen LogP contribution in [-0.2, 0) is 0 Å². The Hall–Kier alpha value is -0.120. The van der Waals surface area contributed by atoms with Gasteiger partial charge in [-0.25, -0.2) is 0 Å². The Bertz CT molecular complexity index is 324. The molecule has 2 aliphatic heterocycles. The molecule has 3 aliphatic rings. The van der Waals surface area contributed by atoms with Gasteiger partial charge in [0.25, 0.3) is 0 Å². The average Bonchev–Trinajstić information content (AvgIpc) is 2.54. The van der Waals surface area contributed by atoms with Crippen LogP contribution in [-0.4, -0.2) is 55.6 Å². The molecule has 0 spiro atoms. The van der Waals surface area contributed by atoms with Crippen LogP contribution < -0.4 is 5.73 Å². The summed E-state index contributed by atoms with van der Waals surface area (Å²) < 4.78 is 0. The van der Waals surface area contributed by atoms with Crippen LogP contribution in [0.4, 0.5) is 0 Å². The van der Waals surface area contributed by atoms with Crippen molar-refractivity contribution in [3.63, 3.8) is 0 Å². The lowest BCUT2D eigenvalue weighted by Gasteiger charge is -2.47. The molecule has 2 atom stereocenters. The van der Waals surface area contributed by atoms with Crippen molar-refractivity contribution in [1.29, 1.82) is 0 Å². The number of rotatable bonds is 4. The van der Waals surface area contributed by atoms with Gasteiger partial charge in [-0.05, 0) is 83.1 Å². The number of hydrogen-bond acceptors (Lipinski definition) is 3. The van der Waals surface area contributed by atoms with E-state index in [0.717, 1.165) is 18.5 Å². The summed E-state index contributed by atoms with van der Waals surface area (Å²) in [6.07, 6.45) is 12.6. The Balaban J connectivity index is 1.49. The third-order valence-electron chi connectivity index (χ3n) is 6.74. The van der Waals surface area contributed by atoms with Gasteiger partial charge in [0.15, 0.2) is 0 Å². The minimum atomic E-state index is 0.485. The van der Waals surface area contributed by atoms with Crippen molar-refractivity contribution in [2.24, 2.45) is 17.1 Å². The molecule has 3 nitrogen and oxygen atoms in total. The van der Waals surface area contributed by atoms with E-state index in [1.807, 2.05) is 0 Å². The molecule has 0 aromatic heterocycles. The topological polar surface area (TPSA) is 32.5 Å². The Morgan fingerprint density at radius 3 is 2.62 bits per heavy atom. The Morgan fingerprint density at radius 2 is 1.86 bits per heavy atom. The van der Waals surface area contributed by atoms with E-state index in [1.54, 1.807) is 0 Å². The molecule has 2 N–H and O–H groups in total. The van der Waals surface area contributed by atoms with Crippen molar-refractivity contribution in [3.8, 4) is 0 Å². The first-order valence-electron chi connectivity index (χ1n) is 9.35. The first-order chi connectivity index (χ1) is 10.2. The predicted molar refractivity (Wildman–Crippen MR) is 89.4 cm³/mol. The normalized spacial score (nSPS) is 34.6. The highest BCUT2D eigenvalue weighted by Gasteiger charge is 2.36. The molecule has 3 fully saturated rings. The fraction of sp³-hybridized carbons (Fsp3) is 1.00. The maximum absolute atomic E-state index is 6.15. The van der Waals surface area contributed by atoms with E-state index >= 15 is 0 Å². The molecule has 122 valence electrons. The van der Waals surface area contributed by atoms with Gasteiger partial charge in [0, 0.05) is 12.6 Å². The Labute approximate surface area is 131 Å². The van der Waals surface area contributed by atoms with Crippen molar-refractivity contribution >= 4 is 0 Å². The molecule has 0 amide bonds. The lowest BCUT2D eigenvalue weighted by Crippen LogP contribution is -2.53. The van der Waals surface area contributed by atoms with Gasteiger partial charge in [0.2, 0.25) is 0 Å². The summed E-state index contributed by atoms with van der Waals surface area (Å²) in [5, 5.41) is 0. The van der Waals surface area contributed by atoms with Crippen LogP contribution >= 0.6 is 0 Å². The van der Waals surface area contributed by atoms with Crippen LogP contribution in [0.25, 0.3) is 0 Å². The summed E-state index contributed by atoms with van der Waals surface area (Å²) in [7, 11) is 2.33. The Morgan fingerprint density at radius 1 is 1.05 bits per heavy atom. The van der Waals surface area contributed by atoms with E-state index in [9.17, 15) is 0 Å². The van der Waals surface area contributed by atoms with Gasteiger partial charge in [0.1, 0.15) is 0 Å². The van der Waals surface area contributed by atoms with Gasteiger partial charge in [-0.2, -0.15) is 0 Å². The zero-order valence-electron chi connectivity index (χ0n) is 14.0. The quantitative estimate of drug-likeness (QED) is 0.865. The zero-order chi connectivity index (χ0) is 14.7. The summed E-state index contributed by atoms with van der Waals surface area (Å²) >= 11 is 0. The van der Waals surface area contributed by atoms with Crippen molar-refractivity contribution in [2.75, 3.05) is 39.8 Å². The van der Waals surface area contributed by atoms with Crippen LogP contribution in [0.5, 0.6) is 0 Å². The first kappa shape index (κ1) is 15.8. The molecule has 2 heterocycles. The fourth-order valence-corrected chi connectivity index (χ4v) is 5.18. The van der Waals surface area contributed by atoms with Crippen LogP contribution in [0.1, 0.15) is 57.8 Å². The molecular formula is C18H35N3. The summed E-state index contributed by atoms with van der Waals surface area (Å²) in [5.41, 5.74) is 6.64. The highest BCUT2D eigenvalue weighted by atomic mass is 15.2. The highest BCUT2D eigenvalue weighted by Crippen LogP contribution is 2.39. The molecule has 0 radical (unpaired) electrons. The van der Waals surface area contributed by atoms with Gasteiger partial charge in [-0.1, -0.05) is 19.3 Å². The molecule has 2 saturated heterocycles. The SMILES string of the molecule is CN1CCCC2CN(CCC3(CN)CCCCC3)CCC21. The second-order valence-corrected chi connectivity index (χ2v) is 8.05. The average molecular weight is 293 g/mol. The van der Waals surface area contributed by atoms with E-state index in [1.165, 1.54) is 84.0 Å². The van der Waals surface area contributed by atoms with E-state index in [0.29, 0.717) is 5.41 Å². The summed E-state index contributed by atoms with van der Waals surface area (Å²) in [6.45, 7) is 6.18. The van der Waals surface area contributed by atoms with Gasteiger partial charge in [-0.15, -0.1) is 0 Å². The van der Waals surface area contributed by atoms with Crippen molar-refractivity contribution < 1.29 is 0 Å². The number of nitrogens with zero attached hydrogens (tertiary/aromatic N) is 2. The molecular weight excluding hydrogens is 258 g/mol. The van der Waals surface area contributed by atoms with Crippen LogP contribution in [0.2, 0.25) is 0 Å². The maximum Gasteiger partial charge on any atom is 0.0145 e. The number of nitrogens with two attached hydrogens (primary N) is 1. The first-order valence-corrected chi connectivity index (χ1v) is 9.35. The minimum absolute atomic E-state index is 0.485. The molecule has 0 aromatic rings. The van der Waals surface area contributed by atoms with E-state index in [-0.39, 0.29) is 0 Å². The Kier molecular flexibility index (Phi) is 5.23.